The van der Waals surface area contributed by atoms with Crippen molar-refractivity contribution in [2.24, 2.45) is 0 Å². The van der Waals surface area contributed by atoms with E-state index in [4.69, 9.17) is 16.3 Å². The minimum atomic E-state index is -0.901. The third-order valence-corrected chi connectivity index (χ3v) is 6.41. The molecule has 2 atom stereocenters. The van der Waals surface area contributed by atoms with Crippen molar-refractivity contribution in [2.75, 3.05) is 18.0 Å². The van der Waals surface area contributed by atoms with Crippen molar-refractivity contribution in [1.82, 2.24) is 19.8 Å². The van der Waals surface area contributed by atoms with E-state index in [0.717, 1.165) is 5.69 Å². The number of urea groups is 1. The predicted molar refractivity (Wildman–Crippen MR) is 128 cm³/mol. The molecule has 8 nitrogen and oxygen atoms in total. The second kappa shape index (κ2) is 8.02. The van der Waals surface area contributed by atoms with E-state index in [9.17, 15) is 9.59 Å². The van der Waals surface area contributed by atoms with Gasteiger partial charge in [0, 0.05) is 30.2 Å². The fourth-order valence-corrected chi connectivity index (χ4v) is 5.01. The van der Waals surface area contributed by atoms with Gasteiger partial charge in [-0.3, -0.25) is 9.47 Å². The van der Waals surface area contributed by atoms with Crippen LogP contribution in [0.4, 0.5) is 10.5 Å². The van der Waals surface area contributed by atoms with Gasteiger partial charge >= 0.3 is 12.0 Å². The summed E-state index contributed by atoms with van der Waals surface area (Å²) in [6.07, 6.45) is 1.61. The Bertz CT molecular complexity index is 1090. The summed E-state index contributed by atoms with van der Waals surface area (Å²) in [6, 6.07) is 5.31. The predicted octanol–water partition coefficient (Wildman–Crippen LogP) is 4.34. The molecule has 1 aromatic heterocycles. The maximum absolute atomic E-state index is 14.1. The highest BCUT2D eigenvalue weighted by Crippen LogP contribution is 2.45. The lowest BCUT2D eigenvalue weighted by Crippen LogP contribution is -2.63. The Morgan fingerprint density at radius 3 is 2.39 bits per heavy atom. The Kier molecular flexibility index (Phi) is 5.73. The van der Waals surface area contributed by atoms with E-state index >= 15 is 0 Å². The maximum atomic E-state index is 14.1. The average molecular weight is 474 g/mol. The van der Waals surface area contributed by atoms with Gasteiger partial charge in [-0.05, 0) is 66.7 Å². The number of nitrogens with one attached hydrogen (secondary N) is 1. The maximum Gasteiger partial charge on any atom is 0.359 e. The monoisotopic (exact) mass is 473 g/mol. The van der Waals surface area contributed by atoms with Gasteiger partial charge in [0.05, 0.1) is 22.6 Å². The molecule has 1 N–H and O–H groups in total. The van der Waals surface area contributed by atoms with Crippen LogP contribution >= 0.6 is 11.6 Å². The summed E-state index contributed by atoms with van der Waals surface area (Å²) in [5.41, 5.74) is 0.655. The first-order chi connectivity index (χ1) is 15.3. The van der Waals surface area contributed by atoms with E-state index < -0.39 is 17.1 Å². The molecule has 9 heteroatoms. The normalized spacial score (nSPS) is 21.9. The number of ether oxygens (including phenoxy) is 1. The smallest absolute Gasteiger partial charge is 0.359 e. The summed E-state index contributed by atoms with van der Waals surface area (Å²) in [5.74, 6) is -0.516. The van der Waals surface area contributed by atoms with Crippen LogP contribution in [-0.4, -0.2) is 57.2 Å². The molecule has 2 aliphatic rings. The van der Waals surface area contributed by atoms with Crippen LogP contribution in [0.2, 0.25) is 5.02 Å². The summed E-state index contributed by atoms with van der Waals surface area (Å²) in [6.45, 7) is 14.8. The summed E-state index contributed by atoms with van der Waals surface area (Å²) in [7, 11) is 0. The molecular formula is C24H32ClN5O3. The molecule has 0 bridgehead atoms. The number of nitrogens with zero attached hydrogens (tertiary/aromatic N) is 4. The number of imidazole rings is 1. The number of carbonyl (C=O) groups excluding carboxylic acids is 2. The lowest BCUT2D eigenvalue weighted by molar-refractivity contribution is 0.00599. The van der Waals surface area contributed by atoms with Crippen molar-refractivity contribution in [3.05, 3.63) is 40.9 Å². The van der Waals surface area contributed by atoms with Crippen molar-refractivity contribution in [3.8, 4) is 5.69 Å². The van der Waals surface area contributed by atoms with Gasteiger partial charge in [-0.1, -0.05) is 11.6 Å². The Morgan fingerprint density at radius 1 is 1.15 bits per heavy atom. The van der Waals surface area contributed by atoms with Crippen molar-refractivity contribution in [1.29, 1.82) is 0 Å². The number of hydrogen-bond donors (Lipinski definition) is 1. The Hall–Kier alpha value is -2.58. The van der Waals surface area contributed by atoms with E-state index in [-0.39, 0.29) is 23.8 Å². The second-order valence-electron chi connectivity index (χ2n) is 10.4. The molecule has 0 saturated carbocycles. The fraction of sp³-hybridized carbons (Fsp3) is 0.542. The zero-order valence-electron chi connectivity index (χ0n) is 20.3. The third kappa shape index (κ3) is 3.99. The molecule has 4 rings (SSSR count). The minimum absolute atomic E-state index is 0.0110. The summed E-state index contributed by atoms with van der Waals surface area (Å²) in [4.78, 5) is 35.3. The van der Waals surface area contributed by atoms with Gasteiger partial charge in [0.2, 0.25) is 0 Å². The molecule has 2 aromatic rings. The number of benzene rings is 1. The molecule has 0 spiro atoms. The highest BCUT2D eigenvalue weighted by Gasteiger charge is 2.48. The van der Waals surface area contributed by atoms with Gasteiger partial charge in [-0.25, -0.2) is 14.6 Å². The van der Waals surface area contributed by atoms with Gasteiger partial charge < -0.3 is 15.0 Å². The SMILES string of the molecule is CC1CNCC(C)N1C(=O)N1c2cc(Cl)ccc2-n2cnc(C(=O)OC(C)(C)C)c2C1(C)C. The zero-order chi connectivity index (χ0) is 24.3. The number of anilines is 1. The molecule has 178 valence electrons. The molecule has 0 aliphatic carbocycles. The lowest BCUT2D eigenvalue weighted by Gasteiger charge is -2.49. The van der Waals surface area contributed by atoms with Crippen molar-refractivity contribution < 1.29 is 14.3 Å². The minimum Gasteiger partial charge on any atom is -0.455 e. The molecule has 2 unspecified atom stereocenters. The van der Waals surface area contributed by atoms with E-state index in [1.54, 1.807) is 23.4 Å². The van der Waals surface area contributed by atoms with Crippen molar-refractivity contribution in [2.45, 2.75) is 71.7 Å². The van der Waals surface area contributed by atoms with Gasteiger partial charge in [-0.15, -0.1) is 0 Å². The standard InChI is InChI=1S/C24H32ClN5O3/c1-14-11-26-12-15(2)29(14)22(32)30-18-10-16(25)8-9-17(18)28-13-27-19(20(28)24(30,6)7)21(31)33-23(3,4)5/h8-10,13-15,26H,11-12H2,1-7H3. The van der Waals surface area contributed by atoms with E-state index in [1.807, 2.05) is 64.0 Å². The van der Waals surface area contributed by atoms with Gasteiger partial charge in [0.15, 0.2) is 5.69 Å². The summed E-state index contributed by atoms with van der Waals surface area (Å²) >= 11 is 6.38. The van der Waals surface area contributed by atoms with Crippen molar-refractivity contribution in [3.63, 3.8) is 0 Å². The van der Waals surface area contributed by atoms with Crippen LogP contribution in [-0.2, 0) is 10.3 Å². The molecule has 1 fully saturated rings. The largest absolute Gasteiger partial charge is 0.455 e. The molecule has 33 heavy (non-hydrogen) atoms. The van der Waals surface area contributed by atoms with Crippen LogP contribution in [0.3, 0.4) is 0 Å². The first-order valence-corrected chi connectivity index (χ1v) is 11.6. The Balaban J connectivity index is 1.89. The van der Waals surface area contributed by atoms with Crippen LogP contribution < -0.4 is 10.2 Å². The Labute approximate surface area is 199 Å². The third-order valence-electron chi connectivity index (χ3n) is 6.18. The Morgan fingerprint density at radius 2 is 1.79 bits per heavy atom. The van der Waals surface area contributed by atoms with Crippen LogP contribution in [0.1, 0.15) is 64.6 Å². The first kappa shape index (κ1) is 23.6. The molecule has 0 radical (unpaired) electrons. The summed E-state index contributed by atoms with van der Waals surface area (Å²) in [5, 5.41) is 3.90. The van der Waals surface area contributed by atoms with Crippen LogP contribution in [0.5, 0.6) is 0 Å². The quantitative estimate of drug-likeness (QED) is 0.623. The van der Waals surface area contributed by atoms with Crippen LogP contribution in [0.25, 0.3) is 5.69 Å². The number of amides is 2. The van der Waals surface area contributed by atoms with Gasteiger partial charge in [0.25, 0.3) is 0 Å². The fourth-order valence-electron chi connectivity index (χ4n) is 4.84. The number of rotatable bonds is 1. The summed E-state index contributed by atoms with van der Waals surface area (Å²) < 4.78 is 7.50. The van der Waals surface area contributed by atoms with Crippen LogP contribution in [0, 0.1) is 0 Å². The molecule has 3 heterocycles. The average Bonchev–Trinajstić information content (AvgIpc) is 3.13. The number of hydrogen-bond acceptors (Lipinski definition) is 5. The van der Waals surface area contributed by atoms with E-state index in [1.165, 1.54) is 0 Å². The number of esters is 1. The van der Waals surface area contributed by atoms with E-state index in [2.05, 4.69) is 10.3 Å². The van der Waals surface area contributed by atoms with Gasteiger partial charge in [-0.2, -0.15) is 0 Å². The lowest BCUT2D eigenvalue weighted by atomic mass is 9.91. The molecular weight excluding hydrogens is 442 g/mol. The number of halogens is 1. The second-order valence-corrected chi connectivity index (χ2v) is 10.8. The van der Waals surface area contributed by atoms with Crippen LogP contribution in [0.15, 0.2) is 24.5 Å². The topological polar surface area (TPSA) is 79.7 Å². The molecule has 1 saturated heterocycles. The number of carbonyl (C=O) groups is 2. The zero-order valence-corrected chi connectivity index (χ0v) is 21.0. The molecule has 2 aliphatic heterocycles. The highest BCUT2D eigenvalue weighted by molar-refractivity contribution is 6.31. The molecule has 2 amide bonds. The highest BCUT2D eigenvalue weighted by atomic mass is 35.5. The van der Waals surface area contributed by atoms with E-state index in [0.29, 0.717) is 29.5 Å². The van der Waals surface area contributed by atoms with Gasteiger partial charge in [0.1, 0.15) is 11.9 Å². The van der Waals surface area contributed by atoms with Crippen molar-refractivity contribution >= 4 is 29.3 Å². The number of aromatic nitrogens is 2. The molecule has 1 aromatic carbocycles. The number of piperazine rings is 1. The first-order valence-electron chi connectivity index (χ1n) is 11.3. The number of fused-ring (bicyclic) bond motifs is 3.